The number of ether oxygens (including phenoxy) is 1. The lowest BCUT2D eigenvalue weighted by Crippen LogP contribution is -2.33. The number of aromatic amines is 1. The van der Waals surface area contributed by atoms with Gasteiger partial charge in [-0.3, -0.25) is 9.59 Å². The maximum absolute atomic E-state index is 13.0. The van der Waals surface area contributed by atoms with E-state index < -0.39 is 5.97 Å². The van der Waals surface area contributed by atoms with Crippen molar-refractivity contribution in [3.8, 4) is 5.75 Å². The molecule has 1 aliphatic heterocycles. The number of hydrogen-bond donors (Lipinski definition) is 1. The van der Waals surface area contributed by atoms with Crippen molar-refractivity contribution in [2.75, 3.05) is 13.1 Å². The van der Waals surface area contributed by atoms with E-state index in [1.807, 2.05) is 4.90 Å². The van der Waals surface area contributed by atoms with Crippen molar-refractivity contribution in [3.05, 3.63) is 64.8 Å². The van der Waals surface area contributed by atoms with E-state index in [2.05, 4.69) is 30.1 Å². The van der Waals surface area contributed by atoms with Crippen molar-refractivity contribution in [1.82, 2.24) is 9.88 Å². The fourth-order valence-electron chi connectivity index (χ4n) is 3.77. The van der Waals surface area contributed by atoms with E-state index in [0.29, 0.717) is 24.4 Å². The number of aryl methyl sites for hydroxylation is 1. The number of carbonyl (C=O) groups is 2. The van der Waals surface area contributed by atoms with Gasteiger partial charge in [0.25, 0.3) is 5.91 Å². The summed E-state index contributed by atoms with van der Waals surface area (Å²) in [7, 11) is 0. The topological polar surface area (TPSA) is 62.4 Å². The molecular formula is C22H22N2O3. The lowest BCUT2D eigenvalue weighted by molar-refractivity contribution is -0.131. The first-order valence-electron chi connectivity index (χ1n) is 9.19. The minimum absolute atomic E-state index is 0.0327. The van der Waals surface area contributed by atoms with Crippen LogP contribution in [0.4, 0.5) is 0 Å². The maximum atomic E-state index is 13.0. The second-order valence-electron chi connectivity index (χ2n) is 7.04. The van der Waals surface area contributed by atoms with Crippen LogP contribution in [0.15, 0.2) is 42.5 Å². The number of hydrogen-bond acceptors (Lipinski definition) is 3. The van der Waals surface area contributed by atoms with Gasteiger partial charge in [0.2, 0.25) is 0 Å². The molecule has 3 aromatic rings. The third-order valence-electron chi connectivity index (χ3n) is 5.04. The monoisotopic (exact) mass is 362 g/mol. The summed E-state index contributed by atoms with van der Waals surface area (Å²) >= 11 is 0. The van der Waals surface area contributed by atoms with Gasteiger partial charge in [0.15, 0.2) is 0 Å². The average Bonchev–Trinajstić information content (AvgIpc) is 2.84. The molecule has 138 valence electrons. The molecule has 1 aliphatic rings. The number of rotatable bonds is 2. The predicted molar refractivity (Wildman–Crippen MR) is 104 cm³/mol. The molecule has 1 aromatic heterocycles. The van der Waals surface area contributed by atoms with Crippen LogP contribution in [0, 0.1) is 6.92 Å². The smallest absolute Gasteiger partial charge is 0.308 e. The number of nitrogens with zero attached hydrogens (tertiary/aromatic N) is 1. The largest absolute Gasteiger partial charge is 0.427 e. The fourth-order valence-corrected chi connectivity index (χ4v) is 3.77. The van der Waals surface area contributed by atoms with Gasteiger partial charge in [0.1, 0.15) is 5.75 Å². The highest BCUT2D eigenvalue weighted by molar-refractivity contribution is 5.95. The van der Waals surface area contributed by atoms with E-state index in [0.717, 1.165) is 12.8 Å². The number of fused-ring (bicyclic) bond motifs is 3. The number of benzene rings is 2. The first-order valence-corrected chi connectivity index (χ1v) is 9.19. The summed E-state index contributed by atoms with van der Waals surface area (Å²) in [5.74, 6) is -0.0282. The second kappa shape index (κ2) is 6.91. The highest BCUT2D eigenvalue weighted by atomic mass is 16.5. The molecule has 4 rings (SSSR count). The Morgan fingerprint density at radius 3 is 2.70 bits per heavy atom. The van der Waals surface area contributed by atoms with Gasteiger partial charge in [-0.1, -0.05) is 17.7 Å². The van der Waals surface area contributed by atoms with Crippen LogP contribution in [0.2, 0.25) is 0 Å². The van der Waals surface area contributed by atoms with E-state index >= 15 is 0 Å². The van der Waals surface area contributed by atoms with Gasteiger partial charge in [0, 0.05) is 48.6 Å². The average molecular weight is 362 g/mol. The van der Waals surface area contributed by atoms with E-state index in [9.17, 15) is 9.59 Å². The summed E-state index contributed by atoms with van der Waals surface area (Å²) in [6.07, 6.45) is 1.63. The van der Waals surface area contributed by atoms with Gasteiger partial charge >= 0.3 is 5.97 Å². The van der Waals surface area contributed by atoms with Crippen molar-refractivity contribution in [2.45, 2.75) is 26.7 Å². The number of aromatic nitrogens is 1. The Morgan fingerprint density at radius 2 is 1.89 bits per heavy atom. The van der Waals surface area contributed by atoms with Gasteiger partial charge in [-0.2, -0.15) is 0 Å². The van der Waals surface area contributed by atoms with Crippen molar-refractivity contribution >= 4 is 22.8 Å². The predicted octanol–water partition coefficient (Wildman–Crippen LogP) is 3.64. The molecule has 0 bridgehead atoms. The Hall–Kier alpha value is -3.08. The first kappa shape index (κ1) is 17.3. The van der Waals surface area contributed by atoms with Crippen molar-refractivity contribution in [2.24, 2.45) is 0 Å². The third kappa shape index (κ3) is 3.45. The molecule has 0 fully saturated rings. The van der Waals surface area contributed by atoms with Crippen LogP contribution in [0.5, 0.6) is 5.75 Å². The number of carbonyl (C=O) groups excluding carboxylic acids is 2. The molecule has 1 N–H and O–H groups in total. The van der Waals surface area contributed by atoms with Gasteiger partial charge in [0.05, 0.1) is 0 Å². The van der Waals surface area contributed by atoms with Crippen molar-refractivity contribution < 1.29 is 14.3 Å². The minimum Gasteiger partial charge on any atom is -0.427 e. The molecule has 5 nitrogen and oxygen atoms in total. The van der Waals surface area contributed by atoms with Crippen molar-refractivity contribution in [3.63, 3.8) is 0 Å². The summed E-state index contributed by atoms with van der Waals surface area (Å²) < 4.78 is 5.10. The lowest BCUT2D eigenvalue weighted by Gasteiger charge is -2.20. The van der Waals surface area contributed by atoms with Gasteiger partial charge in [-0.15, -0.1) is 0 Å². The molecule has 0 radical (unpaired) electrons. The number of esters is 1. The highest BCUT2D eigenvalue weighted by Crippen LogP contribution is 2.27. The van der Waals surface area contributed by atoms with Crippen LogP contribution in [0.1, 0.15) is 34.1 Å². The Bertz CT molecular complexity index is 1040. The zero-order chi connectivity index (χ0) is 19.0. The molecule has 0 atom stereocenters. The molecule has 27 heavy (non-hydrogen) atoms. The van der Waals surface area contributed by atoms with E-state index in [4.69, 9.17) is 4.74 Å². The summed E-state index contributed by atoms with van der Waals surface area (Å²) in [5, 5.41) is 1.26. The van der Waals surface area contributed by atoms with Crippen LogP contribution in [-0.4, -0.2) is 34.8 Å². The molecule has 0 saturated carbocycles. The zero-order valence-electron chi connectivity index (χ0n) is 15.5. The summed E-state index contributed by atoms with van der Waals surface area (Å²) in [5.41, 5.74) is 5.49. The number of amides is 1. The summed E-state index contributed by atoms with van der Waals surface area (Å²) in [6.45, 7) is 4.78. The van der Waals surface area contributed by atoms with Gasteiger partial charge < -0.3 is 14.6 Å². The Labute approximate surface area is 157 Å². The van der Waals surface area contributed by atoms with E-state index in [-0.39, 0.29) is 5.91 Å². The van der Waals surface area contributed by atoms with Crippen LogP contribution in [0.3, 0.4) is 0 Å². The van der Waals surface area contributed by atoms with Crippen LogP contribution in [0.25, 0.3) is 10.9 Å². The molecule has 2 heterocycles. The molecular weight excluding hydrogens is 340 g/mol. The summed E-state index contributed by atoms with van der Waals surface area (Å²) in [4.78, 5) is 29.5. The molecule has 5 heteroatoms. The van der Waals surface area contributed by atoms with Crippen molar-refractivity contribution in [1.29, 1.82) is 0 Å². The third-order valence-corrected chi connectivity index (χ3v) is 5.04. The summed E-state index contributed by atoms with van der Waals surface area (Å²) in [6, 6.07) is 13.3. The van der Waals surface area contributed by atoms with E-state index in [1.54, 1.807) is 24.3 Å². The Balaban J connectivity index is 1.55. The lowest BCUT2D eigenvalue weighted by atomic mass is 10.1. The molecule has 1 amide bonds. The fraction of sp³-hybridized carbons (Fsp3) is 0.273. The minimum atomic E-state index is -0.393. The van der Waals surface area contributed by atoms with Gasteiger partial charge in [-0.05, 0) is 49.2 Å². The highest BCUT2D eigenvalue weighted by Gasteiger charge is 2.22. The van der Waals surface area contributed by atoms with Gasteiger partial charge in [-0.25, -0.2) is 0 Å². The standard InChI is InChI=1S/C22H22N2O3/c1-14-6-7-20-19(12-14)18-8-10-24(11-9-21(18)23-20)22(26)16-4-3-5-17(13-16)27-15(2)25/h3-7,12-13,23H,8-11H2,1-2H3. The molecule has 0 spiro atoms. The maximum Gasteiger partial charge on any atom is 0.308 e. The first-order chi connectivity index (χ1) is 13.0. The van der Waals surface area contributed by atoms with Crippen LogP contribution >= 0.6 is 0 Å². The van der Waals surface area contributed by atoms with Crippen LogP contribution in [-0.2, 0) is 17.6 Å². The zero-order valence-corrected chi connectivity index (χ0v) is 15.5. The Kier molecular flexibility index (Phi) is 4.44. The molecule has 0 aliphatic carbocycles. The molecule has 0 saturated heterocycles. The SMILES string of the molecule is CC(=O)Oc1cccc(C(=O)N2CCc3[nH]c4ccc(C)cc4c3CC2)c1. The number of H-pyrrole nitrogens is 1. The number of nitrogens with one attached hydrogen (secondary N) is 1. The molecule has 2 aromatic carbocycles. The quantitative estimate of drug-likeness (QED) is 0.559. The Morgan fingerprint density at radius 1 is 1.07 bits per heavy atom. The normalized spacial score (nSPS) is 13.9. The van der Waals surface area contributed by atoms with Crippen LogP contribution < -0.4 is 4.74 Å². The van der Waals surface area contributed by atoms with E-state index in [1.165, 1.54) is 34.6 Å². The second-order valence-corrected chi connectivity index (χ2v) is 7.04. The molecule has 0 unspecified atom stereocenters.